The zero-order valence-electron chi connectivity index (χ0n) is 13.0. The second-order valence-corrected chi connectivity index (χ2v) is 4.28. The van der Waals surface area contributed by atoms with Crippen LogP contribution in [0.15, 0.2) is 30.3 Å². The number of benzene rings is 1. The normalized spacial score (nSPS) is 11.9. The lowest BCUT2D eigenvalue weighted by molar-refractivity contribution is -0.160. The predicted octanol–water partition coefficient (Wildman–Crippen LogP) is 3.13. The van der Waals surface area contributed by atoms with Crippen LogP contribution in [0.1, 0.15) is 19.4 Å². The molecule has 0 aliphatic rings. The van der Waals surface area contributed by atoms with Crippen LogP contribution < -0.4 is 10.6 Å². The second-order valence-electron chi connectivity index (χ2n) is 4.28. The van der Waals surface area contributed by atoms with Gasteiger partial charge in [0, 0.05) is 12.6 Å². The third kappa shape index (κ3) is 10.0. The molecule has 0 aliphatic heterocycles. The number of rotatable bonds is 6. The molecule has 7 heteroatoms. The smallest absolute Gasteiger partial charge is 0.422 e. The Hall–Kier alpha value is -1.76. The molecule has 0 spiro atoms. The molecule has 0 saturated heterocycles. The average Bonchev–Trinajstić information content (AvgIpc) is 2.48. The van der Waals surface area contributed by atoms with Crippen molar-refractivity contribution in [1.82, 2.24) is 10.6 Å². The van der Waals surface area contributed by atoms with Crippen molar-refractivity contribution in [3.63, 3.8) is 0 Å². The molecule has 0 heterocycles. The first-order valence-electron chi connectivity index (χ1n) is 7.09. The van der Waals surface area contributed by atoms with Gasteiger partial charge in [-0.25, -0.2) is 4.79 Å². The van der Waals surface area contributed by atoms with E-state index in [2.05, 4.69) is 15.4 Å². The van der Waals surface area contributed by atoms with Crippen LogP contribution in [0.4, 0.5) is 18.0 Å². The number of nitrogens with one attached hydrogen (secondary N) is 2. The summed E-state index contributed by atoms with van der Waals surface area (Å²) in [5.74, 6) is 0. The Morgan fingerprint density at radius 2 is 1.82 bits per heavy atom. The van der Waals surface area contributed by atoms with Crippen LogP contribution in [0.25, 0.3) is 0 Å². The molecule has 126 valence electrons. The molecule has 0 aromatic heterocycles. The van der Waals surface area contributed by atoms with Gasteiger partial charge in [-0.05, 0) is 19.0 Å². The van der Waals surface area contributed by atoms with Crippen molar-refractivity contribution in [3.05, 3.63) is 35.9 Å². The molecule has 1 aromatic carbocycles. The molecule has 2 N–H and O–H groups in total. The van der Waals surface area contributed by atoms with Crippen LogP contribution in [-0.2, 0) is 11.2 Å². The molecule has 0 saturated carbocycles. The van der Waals surface area contributed by atoms with Gasteiger partial charge in [0.05, 0.1) is 0 Å². The summed E-state index contributed by atoms with van der Waals surface area (Å²) in [6.45, 7) is 2.84. The Morgan fingerprint density at radius 3 is 2.32 bits per heavy atom. The number of likely N-dealkylation sites (N-methyl/N-ethyl adjacent to an activating group) is 1. The molecule has 0 aliphatic carbocycles. The first kappa shape index (κ1) is 20.2. The standard InChI is InChI=1S/C13H17F3N2O2.C2H6/c1-17-8-11(7-10-5-3-2-4-6-10)18-12(19)20-9-13(14,15)16;1-2/h2-6,11,17H,7-9H2,1H3,(H,18,19);1-2H3. The van der Waals surface area contributed by atoms with Crippen molar-refractivity contribution in [2.75, 3.05) is 20.2 Å². The number of ether oxygens (including phenoxy) is 1. The summed E-state index contributed by atoms with van der Waals surface area (Å²) >= 11 is 0. The molecule has 0 radical (unpaired) electrons. The number of alkyl carbamates (subject to hydrolysis) is 1. The maximum atomic E-state index is 11.9. The number of carbonyl (C=O) groups is 1. The predicted molar refractivity (Wildman–Crippen MR) is 79.7 cm³/mol. The van der Waals surface area contributed by atoms with Gasteiger partial charge in [0.25, 0.3) is 0 Å². The van der Waals surface area contributed by atoms with Gasteiger partial charge in [0.15, 0.2) is 6.61 Å². The van der Waals surface area contributed by atoms with Crippen LogP contribution in [-0.4, -0.2) is 38.5 Å². The maximum absolute atomic E-state index is 11.9. The summed E-state index contributed by atoms with van der Waals surface area (Å²) in [7, 11) is 1.70. The second kappa shape index (κ2) is 10.9. The summed E-state index contributed by atoms with van der Waals surface area (Å²) < 4.78 is 39.9. The third-order valence-corrected chi connectivity index (χ3v) is 2.46. The van der Waals surface area contributed by atoms with Crippen LogP contribution in [0.5, 0.6) is 0 Å². The molecule has 0 fully saturated rings. The number of carbonyl (C=O) groups excluding carboxylic acids is 1. The molecule has 1 aromatic rings. The van der Waals surface area contributed by atoms with Crippen molar-refractivity contribution in [3.8, 4) is 0 Å². The van der Waals surface area contributed by atoms with E-state index in [-0.39, 0.29) is 6.04 Å². The van der Waals surface area contributed by atoms with E-state index >= 15 is 0 Å². The topological polar surface area (TPSA) is 50.4 Å². The Morgan fingerprint density at radius 1 is 1.23 bits per heavy atom. The lowest BCUT2D eigenvalue weighted by atomic mass is 10.1. The minimum Gasteiger partial charge on any atom is -0.440 e. The number of hydrogen-bond acceptors (Lipinski definition) is 3. The molecule has 22 heavy (non-hydrogen) atoms. The Labute approximate surface area is 129 Å². The molecule has 1 atom stereocenters. The number of amides is 1. The maximum Gasteiger partial charge on any atom is 0.422 e. The van der Waals surface area contributed by atoms with E-state index in [4.69, 9.17) is 0 Å². The monoisotopic (exact) mass is 320 g/mol. The summed E-state index contributed by atoms with van der Waals surface area (Å²) in [5, 5.41) is 5.29. The van der Waals surface area contributed by atoms with Gasteiger partial charge in [-0.3, -0.25) is 0 Å². The largest absolute Gasteiger partial charge is 0.440 e. The van der Waals surface area contributed by atoms with E-state index in [1.54, 1.807) is 7.05 Å². The summed E-state index contributed by atoms with van der Waals surface area (Å²) in [6, 6.07) is 8.99. The minimum absolute atomic E-state index is 0.344. The minimum atomic E-state index is -4.52. The van der Waals surface area contributed by atoms with E-state index in [1.807, 2.05) is 44.2 Å². The number of alkyl halides is 3. The fourth-order valence-corrected chi connectivity index (χ4v) is 1.67. The first-order valence-corrected chi connectivity index (χ1v) is 7.09. The average molecular weight is 320 g/mol. The van der Waals surface area contributed by atoms with Crippen molar-refractivity contribution < 1.29 is 22.7 Å². The molecular weight excluding hydrogens is 297 g/mol. The summed E-state index contributed by atoms with van der Waals surface area (Å²) in [5.41, 5.74) is 0.976. The molecule has 1 rings (SSSR count). The SMILES string of the molecule is CC.CNCC(Cc1ccccc1)NC(=O)OCC(F)(F)F. The van der Waals surface area contributed by atoms with E-state index < -0.39 is 18.9 Å². The van der Waals surface area contributed by atoms with Gasteiger partial charge < -0.3 is 15.4 Å². The first-order chi connectivity index (χ1) is 10.4. The van der Waals surface area contributed by atoms with E-state index in [9.17, 15) is 18.0 Å². The zero-order valence-corrected chi connectivity index (χ0v) is 13.0. The fraction of sp³-hybridized carbons (Fsp3) is 0.533. The zero-order chi connectivity index (χ0) is 17.0. The quantitative estimate of drug-likeness (QED) is 0.847. The van der Waals surface area contributed by atoms with Crippen molar-refractivity contribution in [2.24, 2.45) is 0 Å². The highest BCUT2D eigenvalue weighted by Gasteiger charge is 2.29. The van der Waals surface area contributed by atoms with Gasteiger partial charge in [-0.15, -0.1) is 0 Å². The Bertz CT molecular complexity index is 411. The molecule has 0 bridgehead atoms. The van der Waals surface area contributed by atoms with Crippen LogP contribution >= 0.6 is 0 Å². The van der Waals surface area contributed by atoms with Crippen LogP contribution in [0, 0.1) is 0 Å². The van der Waals surface area contributed by atoms with E-state index in [1.165, 1.54) is 0 Å². The lowest BCUT2D eigenvalue weighted by Crippen LogP contribution is -2.43. The molecule has 1 unspecified atom stereocenters. The highest BCUT2D eigenvalue weighted by Crippen LogP contribution is 2.14. The van der Waals surface area contributed by atoms with Crippen molar-refractivity contribution in [2.45, 2.75) is 32.5 Å². The summed E-state index contributed by atoms with van der Waals surface area (Å²) in [4.78, 5) is 11.3. The molecule has 1 amide bonds. The van der Waals surface area contributed by atoms with E-state index in [0.29, 0.717) is 13.0 Å². The van der Waals surface area contributed by atoms with Gasteiger partial charge in [-0.1, -0.05) is 44.2 Å². The number of hydrogen-bond donors (Lipinski definition) is 2. The van der Waals surface area contributed by atoms with E-state index in [0.717, 1.165) is 5.56 Å². The van der Waals surface area contributed by atoms with Gasteiger partial charge in [0.1, 0.15) is 0 Å². The highest BCUT2D eigenvalue weighted by atomic mass is 19.4. The van der Waals surface area contributed by atoms with Crippen molar-refractivity contribution in [1.29, 1.82) is 0 Å². The molecular formula is C15H23F3N2O2. The van der Waals surface area contributed by atoms with Gasteiger partial charge in [-0.2, -0.15) is 13.2 Å². The molecule has 4 nitrogen and oxygen atoms in total. The Kier molecular flexibility index (Phi) is 10.0. The highest BCUT2D eigenvalue weighted by molar-refractivity contribution is 5.67. The van der Waals surface area contributed by atoms with Crippen LogP contribution in [0.2, 0.25) is 0 Å². The van der Waals surface area contributed by atoms with Crippen molar-refractivity contribution >= 4 is 6.09 Å². The third-order valence-electron chi connectivity index (χ3n) is 2.46. The lowest BCUT2D eigenvalue weighted by Gasteiger charge is -2.18. The van der Waals surface area contributed by atoms with Gasteiger partial charge in [0.2, 0.25) is 0 Å². The summed E-state index contributed by atoms with van der Waals surface area (Å²) in [6.07, 6.45) is -5.09. The Balaban J connectivity index is 0.00000211. The van der Waals surface area contributed by atoms with Gasteiger partial charge >= 0.3 is 12.3 Å². The number of halogens is 3. The van der Waals surface area contributed by atoms with Crippen LogP contribution in [0.3, 0.4) is 0 Å². The fourth-order valence-electron chi connectivity index (χ4n) is 1.67.